The third kappa shape index (κ3) is 17.8. The molecule has 2 atom stereocenters. The smallest absolute Gasteiger partial charge is 0.373 e. The molecule has 0 spiro atoms. The van der Waals surface area contributed by atoms with Crippen molar-refractivity contribution in [2.75, 3.05) is 62.4 Å². The lowest BCUT2D eigenvalue weighted by molar-refractivity contribution is -0.155. The molecule has 13 nitrogen and oxygen atoms in total. The van der Waals surface area contributed by atoms with Gasteiger partial charge in [0.1, 0.15) is 5.60 Å². The number of hydrogen-bond donors (Lipinski definition) is 8. The Balaban J connectivity index is 0.000000510. The fourth-order valence-corrected chi connectivity index (χ4v) is 5.33. The van der Waals surface area contributed by atoms with Crippen LogP contribution in [0.2, 0.25) is 6.82 Å². The summed E-state index contributed by atoms with van der Waals surface area (Å²) in [5, 5.41) is 58.3. The second kappa shape index (κ2) is 22.5. The number of hydrogen-bond acceptors (Lipinski definition) is 12. The summed E-state index contributed by atoms with van der Waals surface area (Å²) in [4.78, 5) is 26.7. The molecule has 49 heavy (non-hydrogen) atoms. The monoisotopic (exact) mass is 690 g/mol. The van der Waals surface area contributed by atoms with Crippen LogP contribution in [0.15, 0.2) is 36.4 Å². The molecule has 0 aromatic heterocycles. The Kier molecular flexibility index (Phi) is 20.1. The van der Waals surface area contributed by atoms with Gasteiger partial charge in [0.2, 0.25) is 0 Å². The van der Waals surface area contributed by atoms with Crippen molar-refractivity contribution in [3.8, 4) is 0 Å². The van der Waals surface area contributed by atoms with E-state index in [-0.39, 0.29) is 51.3 Å². The van der Waals surface area contributed by atoms with Gasteiger partial charge in [0, 0.05) is 49.6 Å². The number of carbonyl (C=O) groups is 2. The summed E-state index contributed by atoms with van der Waals surface area (Å²) in [6.45, 7) is 12.8. The van der Waals surface area contributed by atoms with E-state index in [1.54, 1.807) is 6.82 Å². The van der Waals surface area contributed by atoms with Crippen LogP contribution in [-0.4, -0.2) is 120 Å². The van der Waals surface area contributed by atoms with Gasteiger partial charge in [-0.2, -0.15) is 0 Å². The second-order valence-corrected chi connectivity index (χ2v) is 13.2. The molecular formula is C35H59BN4O9. The van der Waals surface area contributed by atoms with Crippen molar-refractivity contribution in [1.82, 2.24) is 5.23 Å². The van der Waals surface area contributed by atoms with Gasteiger partial charge in [-0.25, -0.2) is 0 Å². The maximum atomic E-state index is 12.3. The van der Waals surface area contributed by atoms with Gasteiger partial charge in [-0.3, -0.25) is 9.59 Å². The van der Waals surface area contributed by atoms with E-state index < -0.39 is 24.7 Å². The quantitative estimate of drug-likeness (QED) is 0.0728. The molecule has 276 valence electrons. The third-order valence-corrected chi connectivity index (χ3v) is 7.57. The van der Waals surface area contributed by atoms with E-state index >= 15 is 0 Å². The highest BCUT2D eigenvalue weighted by Gasteiger charge is 2.23. The normalized spacial score (nSPS) is 12.4. The van der Waals surface area contributed by atoms with Gasteiger partial charge in [0.15, 0.2) is 0 Å². The number of aliphatic carboxylic acids is 1. The van der Waals surface area contributed by atoms with Crippen molar-refractivity contribution in [2.24, 2.45) is 5.73 Å². The molecular weight excluding hydrogens is 631 g/mol. The molecule has 14 heteroatoms. The first-order chi connectivity index (χ1) is 23.0. The number of aryl methyl sites for hydroxylation is 2. The largest absolute Gasteiger partial charge is 0.481 e. The number of carboxylic acids is 1. The van der Waals surface area contributed by atoms with Crippen LogP contribution in [0.5, 0.6) is 0 Å². The highest BCUT2D eigenvalue weighted by molar-refractivity contribution is 6.45. The lowest BCUT2D eigenvalue weighted by atomic mass is 9.85. The first-order valence-electron chi connectivity index (χ1n) is 16.8. The maximum absolute atomic E-state index is 12.3. The number of carbonyl (C=O) groups excluding carboxylic acids is 1. The molecule has 0 aliphatic carbocycles. The number of esters is 1. The summed E-state index contributed by atoms with van der Waals surface area (Å²) < 4.78 is 5.42. The van der Waals surface area contributed by atoms with E-state index in [9.17, 15) is 24.8 Å². The number of nitrogens with two attached hydrogens (primary N) is 1. The number of aliphatic hydroxyl groups is 4. The maximum Gasteiger partial charge on any atom is 0.373 e. The highest BCUT2D eigenvalue weighted by Crippen LogP contribution is 2.23. The summed E-state index contributed by atoms with van der Waals surface area (Å²) in [5.74, 6) is -1.22. The van der Waals surface area contributed by atoms with E-state index in [1.807, 2.05) is 80.8 Å². The Bertz CT molecular complexity index is 1260. The van der Waals surface area contributed by atoms with Gasteiger partial charge in [0.25, 0.3) is 0 Å². The second-order valence-electron chi connectivity index (χ2n) is 13.2. The van der Waals surface area contributed by atoms with Crippen LogP contribution < -0.4 is 20.8 Å². The van der Waals surface area contributed by atoms with Gasteiger partial charge in [0.05, 0.1) is 39.3 Å². The minimum Gasteiger partial charge on any atom is -0.481 e. The van der Waals surface area contributed by atoms with Crippen molar-refractivity contribution in [1.29, 1.82) is 0 Å². The predicted octanol–water partition coefficient (Wildman–Crippen LogP) is 1.26. The molecule has 0 amide bonds. The van der Waals surface area contributed by atoms with Gasteiger partial charge >= 0.3 is 19.0 Å². The topological polar surface area (TPSA) is 209 Å². The molecule has 2 aromatic rings. The number of anilines is 2. The number of benzene rings is 2. The van der Waals surface area contributed by atoms with Crippen molar-refractivity contribution in [3.63, 3.8) is 0 Å². The van der Waals surface area contributed by atoms with Crippen LogP contribution in [0.3, 0.4) is 0 Å². The third-order valence-electron chi connectivity index (χ3n) is 7.57. The Hall–Kier alpha value is -3.24. The highest BCUT2D eigenvalue weighted by atomic mass is 16.6. The lowest BCUT2D eigenvalue weighted by Gasteiger charge is -2.26. The fourth-order valence-electron chi connectivity index (χ4n) is 5.33. The summed E-state index contributed by atoms with van der Waals surface area (Å²) in [7, 11) is -0.754. The number of rotatable bonds is 20. The van der Waals surface area contributed by atoms with Crippen molar-refractivity contribution in [3.05, 3.63) is 58.7 Å². The zero-order valence-electron chi connectivity index (χ0n) is 30.1. The zero-order valence-corrected chi connectivity index (χ0v) is 30.1. The summed E-state index contributed by atoms with van der Waals surface area (Å²) in [5.41, 5.74) is 11.2. The average Bonchev–Trinajstić information content (AvgIpc) is 2.98. The Morgan fingerprint density at radius 1 is 0.816 bits per heavy atom. The minimum atomic E-state index is -0.904. The van der Waals surface area contributed by atoms with Crippen LogP contribution in [0, 0.1) is 13.8 Å². The molecule has 9 N–H and O–H groups in total. The predicted molar refractivity (Wildman–Crippen MR) is 194 cm³/mol. The number of nitrogens with zero attached hydrogens (tertiary/aromatic N) is 2. The Labute approximate surface area is 291 Å². The molecule has 0 saturated heterocycles. The van der Waals surface area contributed by atoms with E-state index in [0.717, 1.165) is 33.6 Å². The molecule has 0 aliphatic rings. The van der Waals surface area contributed by atoms with Crippen LogP contribution in [0.1, 0.15) is 55.9 Å². The minimum absolute atomic E-state index is 0.00172. The van der Waals surface area contributed by atoms with Crippen LogP contribution in [-0.2, 0) is 27.2 Å². The lowest BCUT2D eigenvalue weighted by Crippen LogP contribution is -2.43. The number of carboxylic acid groups (broad SMARTS) is 1. The van der Waals surface area contributed by atoms with E-state index in [0.29, 0.717) is 39.0 Å². The Morgan fingerprint density at radius 3 is 1.61 bits per heavy atom. The van der Waals surface area contributed by atoms with Crippen molar-refractivity contribution >= 4 is 30.4 Å². The van der Waals surface area contributed by atoms with Crippen molar-refractivity contribution < 1.29 is 44.9 Å². The van der Waals surface area contributed by atoms with Crippen LogP contribution in [0.25, 0.3) is 0 Å². The first-order valence-corrected chi connectivity index (χ1v) is 16.8. The summed E-state index contributed by atoms with van der Waals surface area (Å²) in [6.07, 6.45) is 1.09. The molecule has 0 aliphatic heterocycles. The molecule has 0 unspecified atom stereocenters. The van der Waals surface area contributed by atoms with Gasteiger partial charge in [-0.05, 0) is 101 Å². The molecule has 0 saturated carbocycles. The molecule has 2 aromatic carbocycles. The standard InChI is InChI=1S/C20H35BN2O5.C15H24N2O4/c1-15-6-7-18(23(8-10-24)9-11-25)13-16(15)12-17(22-21(5)27)14-19(26)28-20(2,3)4;1-11-2-3-14(17(4-6-18)5-7-19)9-12(11)8-13(16)10-15(20)21/h6-7,13,17,22,24-25,27H,8-12,14H2,1-5H3;2-3,9,13,18-19H,4-8,10,16H2,1H3,(H,20,21)/t17-;13-/m00/s1. The molecule has 0 radical (unpaired) electrons. The molecule has 0 heterocycles. The summed E-state index contributed by atoms with van der Waals surface area (Å²) >= 11 is 0. The molecule has 2 rings (SSSR count). The van der Waals surface area contributed by atoms with Crippen molar-refractivity contribution in [2.45, 2.75) is 84.8 Å². The van der Waals surface area contributed by atoms with E-state index in [1.165, 1.54) is 0 Å². The SMILES string of the molecule is CB(O)N[C@H](CC(=O)OC(C)(C)C)Cc1cc(N(CCO)CCO)ccc1C.Cc1ccc(N(CCO)CCO)cc1C[C@H](N)CC(=O)O. The average molecular weight is 691 g/mol. The molecule has 0 fully saturated rings. The Morgan fingerprint density at radius 2 is 1.24 bits per heavy atom. The van der Waals surface area contributed by atoms with E-state index in [4.69, 9.17) is 25.8 Å². The number of nitrogens with one attached hydrogen (secondary N) is 1. The zero-order chi connectivity index (χ0) is 37.1. The van der Waals surface area contributed by atoms with E-state index in [2.05, 4.69) is 5.23 Å². The van der Waals surface area contributed by atoms with Crippen LogP contribution >= 0.6 is 0 Å². The van der Waals surface area contributed by atoms with Gasteiger partial charge in [-0.1, -0.05) is 12.1 Å². The van der Waals surface area contributed by atoms with Gasteiger partial charge in [-0.15, -0.1) is 0 Å². The number of aliphatic hydroxyl groups excluding tert-OH is 4. The molecule has 0 bridgehead atoms. The number of ether oxygens (including phenoxy) is 1. The fraction of sp³-hybridized carbons (Fsp3) is 0.600. The van der Waals surface area contributed by atoms with Gasteiger partial charge < -0.3 is 56.1 Å². The van der Waals surface area contributed by atoms with Crippen LogP contribution in [0.4, 0.5) is 11.4 Å². The first kappa shape index (κ1) is 43.8. The summed E-state index contributed by atoms with van der Waals surface area (Å²) in [6, 6.07) is 11.0.